The monoisotopic (exact) mass is 316 g/mol. The average Bonchev–Trinajstić information content (AvgIpc) is 3.41. The van der Waals surface area contributed by atoms with Crippen molar-refractivity contribution in [3.05, 3.63) is 35.9 Å². The van der Waals surface area contributed by atoms with Crippen LogP contribution in [0.3, 0.4) is 0 Å². The van der Waals surface area contributed by atoms with Crippen LogP contribution in [0.15, 0.2) is 30.3 Å². The van der Waals surface area contributed by atoms with E-state index in [0.717, 1.165) is 18.4 Å². The Morgan fingerprint density at radius 1 is 1.09 bits per heavy atom. The Morgan fingerprint density at radius 3 is 2.26 bits per heavy atom. The molecule has 2 aliphatic rings. The minimum atomic E-state index is -0.276. The molecule has 3 rings (SSSR count). The van der Waals surface area contributed by atoms with Crippen LogP contribution in [0.1, 0.15) is 31.2 Å². The lowest BCUT2D eigenvalue weighted by Crippen LogP contribution is -2.52. The Labute approximate surface area is 137 Å². The normalized spacial score (nSPS) is 19.3. The van der Waals surface area contributed by atoms with Crippen molar-refractivity contribution in [1.29, 1.82) is 0 Å². The highest BCUT2D eigenvalue weighted by atomic mass is 16.6. The van der Waals surface area contributed by atoms with Crippen LogP contribution < -0.4 is 0 Å². The molecule has 0 spiro atoms. The molecule has 1 saturated carbocycles. The molecule has 1 aliphatic carbocycles. The Balaban J connectivity index is 1.63. The quantitative estimate of drug-likeness (QED) is 0.857. The molecule has 1 aromatic rings. The topological polar surface area (TPSA) is 49.9 Å². The average molecular weight is 316 g/mol. The summed E-state index contributed by atoms with van der Waals surface area (Å²) in [6.45, 7) is 4.47. The van der Waals surface area contributed by atoms with Crippen molar-refractivity contribution < 1.29 is 14.3 Å². The maximum absolute atomic E-state index is 13.0. The summed E-state index contributed by atoms with van der Waals surface area (Å²) in [5.41, 5.74) is 1.12. The Kier molecular flexibility index (Phi) is 4.84. The van der Waals surface area contributed by atoms with E-state index in [1.165, 1.54) is 0 Å². The van der Waals surface area contributed by atoms with E-state index in [0.29, 0.717) is 38.7 Å². The van der Waals surface area contributed by atoms with Crippen molar-refractivity contribution in [3.63, 3.8) is 0 Å². The van der Waals surface area contributed by atoms with Gasteiger partial charge in [-0.25, -0.2) is 4.79 Å². The summed E-state index contributed by atoms with van der Waals surface area (Å²) in [5, 5.41) is 0. The van der Waals surface area contributed by atoms with Crippen LogP contribution in [-0.4, -0.2) is 54.6 Å². The van der Waals surface area contributed by atoms with Crippen molar-refractivity contribution in [3.8, 4) is 0 Å². The van der Waals surface area contributed by atoms with Gasteiger partial charge in [0, 0.05) is 26.2 Å². The third-order valence-corrected chi connectivity index (χ3v) is 4.64. The van der Waals surface area contributed by atoms with Crippen molar-refractivity contribution in [1.82, 2.24) is 9.80 Å². The second-order valence-corrected chi connectivity index (χ2v) is 6.24. The van der Waals surface area contributed by atoms with E-state index in [9.17, 15) is 9.59 Å². The summed E-state index contributed by atoms with van der Waals surface area (Å²) in [4.78, 5) is 28.3. The molecule has 5 heteroatoms. The third kappa shape index (κ3) is 3.66. The smallest absolute Gasteiger partial charge is 0.409 e. The maximum Gasteiger partial charge on any atom is 0.409 e. The van der Waals surface area contributed by atoms with Gasteiger partial charge in [0.05, 0.1) is 12.5 Å². The van der Waals surface area contributed by atoms with E-state index in [1.54, 1.807) is 11.8 Å². The predicted molar refractivity (Wildman–Crippen MR) is 87.1 cm³/mol. The highest BCUT2D eigenvalue weighted by Crippen LogP contribution is 2.43. The Morgan fingerprint density at radius 2 is 1.70 bits per heavy atom. The molecule has 0 radical (unpaired) electrons. The van der Waals surface area contributed by atoms with Crippen LogP contribution in [0.5, 0.6) is 0 Å². The first kappa shape index (κ1) is 15.8. The second-order valence-electron chi connectivity index (χ2n) is 6.24. The lowest BCUT2D eigenvalue weighted by Gasteiger charge is -2.36. The second kappa shape index (κ2) is 7.02. The molecule has 0 N–H and O–H groups in total. The van der Waals surface area contributed by atoms with Gasteiger partial charge in [0.1, 0.15) is 0 Å². The molecular weight excluding hydrogens is 292 g/mol. The number of piperazine rings is 1. The summed E-state index contributed by atoms with van der Waals surface area (Å²) in [5.74, 6) is 0.667. The van der Waals surface area contributed by atoms with Gasteiger partial charge in [-0.1, -0.05) is 30.3 Å². The van der Waals surface area contributed by atoms with Gasteiger partial charge in [0.15, 0.2) is 0 Å². The summed E-state index contributed by atoms with van der Waals surface area (Å²) in [6.07, 6.45) is 1.99. The summed E-state index contributed by atoms with van der Waals surface area (Å²) < 4.78 is 5.03. The Hall–Kier alpha value is -2.04. The van der Waals surface area contributed by atoms with Gasteiger partial charge < -0.3 is 14.5 Å². The number of ether oxygens (including phenoxy) is 1. The van der Waals surface area contributed by atoms with Crippen molar-refractivity contribution in [2.75, 3.05) is 32.8 Å². The maximum atomic E-state index is 13.0. The number of carbonyl (C=O) groups excluding carboxylic acids is 2. The van der Waals surface area contributed by atoms with Gasteiger partial charge in [0.2, 0.25) is 5.91 Å². The van der Waals surface area contributed by atoms with E-state index in [1.807, 2.05) is 23.1 Å². The van der Waals surface area contributed by atoms with E-state index >= 15 is 0 Å². The van der Waals surface area contributed by atoms with Gasteiger partial charge in [-0.3, -0.25) is 4.79 Å². The number of carbonyl (C=O) groups is 2. The molecule has 1 saturated heterocycles. The molecule has 1 aromatic carbocycles. The van der Waals surface area contributed by atoms with Crippen LogP contribution >= 0.6 is 0 Å². The summed E-state index contributed by atoms with van der Waals surface area (Å²) in [6, 6.07) is 10.1. The molecular formula is C18H24N2O3. The molecule has 2 fully saturated rings. The van der Waals surface area contributed by atoms with Gasteiger partial charge in [-0.05, 0) is 31.2 Å². The number of rotatable bonds is 4. The van der Waals surface area contributed by atoms with E-state index < -0.39 is 0 Å². The molecule has 1 heterocycles. The number of hydrogen-bond donors (Lipinski definition) is 0. The molecule has 1 unspecified atom stereocenters. The zero-order valence-electron chi connectivity index (χ0n) is 13.6. The Bertz CT molecular complexity index is 549. The molecule has 0 aromatic heterocycles. The predicted octanol–water partition coefficient (Wildman–Crippen LogP) is 2.48. The first-order chi connectivity index (χ1) is 11.2. The molecule has 2 amide bonds. The number of amides is 2. The molecule has 23 heavy (non-hydrogen) atoms. The van der Waals surface area contributed by atoms with Gasteiger partial charge >= 0.3 is 6.09 Å². The van der Waals surface area contributed by atoms with E-state index in [2.05, 4.69) is 12.1 Å². The minimum absolute atomic E-state index is 0.0228. The van der Waals surface area contributed by atoms with E-state index in [-0.39, 0.29) is 17.9 Å². The first-order valence-corrected chi connectivity index (χ1v) is 8.46. The highest BCUT2D eigenvalue weighted by molar-refractivity contribution is 5.84. The lowest BCUT2D eigenvalue weighted by molar-refractivity contribution is -0.135. The van der Waals surface area contributed by atoms with Crippen LogP contribution in [0.4, 0.5) is 4.79 Å². The van der Waals surface area contributed by atoms with Crippen LogP contribution in [0.2, 0.25) is 0 Å². The standard InChI is InChI=1S/C18H24N2O3/c1-2-23-18(22)20-12-10-19(11-13-20)17(21)16(15-8-9-15)14-6-4-3-5-7-14/h3-7,15-16H,2,8-13H2,1H3. The number of nitrogens with zero attached hydrogens (tertiary/aromatic N) is 2. The molecule has 5 nitrogen and oxygen atoms in total. The molecule has 1 atom stereocenters. The van der Waals surface area contributed by atoms with Gasteiger partial charge in [-0.2, -0.15) is 0 Å². The van der Waals surface area contributed by atoms with Crippen molar-refractivity contribution in [2.45, 2.75) is 25.7 Å². The van der Waals surface area contributed by atoms with Crippen LogP contribution in [0, 0.1) is 5.92 Å². The van der Waals surface area contributed by atoms with Crippen molar-refractivity contribution >= 4 is 12.0 Å². The zero-order valence-corrected chi connectivity index (χ0v) is 13.6. The number of hydrogen-bond acceptors (Lipinski definition) is 3. The lowest BCUT2D eigenvalue weighted by atomic mass is 9.92. The fourth-order valence-corrected chi connectivity index (χ4v) is 3.23. The number of benzene rings is 1. The molecule has 0 bridgehead atoms. The summed E-state index contributed by atoms with van der Waals surface area (Å²) >= 11 is 0. The molecule has 124 valence electrons. The SMILES string of the molecule is CCOC(=O)N1CCN(C(=O)C(c2ccccc2)C2CC2)CC1. The first-order valence-electron chi connectivity index (χ1n) is 8.46. The molecule has 1 aliphatic heterocycles. The highest BCUT2D eigenvalue weighted by Gasteiger charge is 2.40. The van der Waals surface area contributed by atoms with Crippen molar-refractivity contribution in [2.24, 2.45) is 5.92 Å². The fraction of sp³-hybridized carbons (Fsp3) is 0.556. The minimum Gasteiger partial charge on any atom is -0.450 e. The summed E-state index contributed by atoms with van der Waals surface area (Å²) in [7, 11) is 0. The van der Waals surface area contributed by atoms with E-state index in [4.69, 9.17) is 4.74 Å². The van der Waals surface area contributed by atoms with Gasteiger partial charge in [-0.15, -0.1) is 0 Å². The zero-order chi connectivity index (χ0) is 16.2. The van der Waals surface area contributed by atoms with Crippen LogP contribution in [-0.2, 0) is 9.53 Å². The fourth-order valence-electron chi connectivity index (χ4n) is 3.23. The van der Waals surface area contributed by atoms with Gasteiger partial charge in [0.25, 0.3) is 0 Å². The largest absolute Gasteiger partial charge is 0.450 e. The third-order valence-electron chi connectivity index (χ3n) is 4.64. The van der Waals surface area contributed by atoms with Crippen LogP contribution in [0.25, 0.3) is 0 Å².